The van der Waals surface area contributed by atoms with Gasteiger partial charge in [0.05, 0.1) is 10.5 Å². The van der Waals surface area contributed by atoms with Crippen LogP contribution in [0.5, 0.6) is 0 Å². The van der Waals surface area contributed by atoms with E-state index < -0.39 is 46.9 Å². The average molecular weight is 425 g/mol. The molecule has 11 heteroatoms. The number of hydrogen-bond acceptors (Lipinski definition) is 6. The van der Waals surface area contributed by atoms with Crippen LogP contribution in [0.2, 0.25) is 0 Å². The lowest BCUT2D eigenvalue weighted by atomic mass is 10.1. The number of halogens is 3. The molecule has 8 nitrogen and oxygen atoms in total. The standard InChI is InChI=1S/C19H18F3N3O5/c1-11-3-6-14(7-4-11)24-18(27)12(2)30-17(26)10-23-15-8-5-13(19(20,21)22)9-16(15)25(28)29/h3-9,12,23H,10H2,1-2H3,(H,24,27)/t12-/m0/s1. The molecule has 0 saturated carbocycles. The molecule has 0 aromatic heterocycles. The summed E-state index contributed by atoms with van der Waals surface area (Å²) in [4.78, 5) is 34.0. The average Bonchev–Trinajstić information content (AvgIpc) is 2.67. The van der Waals surface area contributed by atoms with Crippen LogP contribution in [0.3, 0.4) is 0 Å². The molecule has 0 fully saturated rings. The van der Waals surface area contributed by atoms with E-state index in [9.17, 15) is 32.9 Å². The van der Waals surface area contributed by atoms with Crippen LogP contribution in [-0.4, -0.2) is 29.4 Å². The first-order valence-electron chi connectivity index (χ1n) is 8.64. The quantitative estimate of drug-likeness (QED) is 0.395. The Morgan fingerprint density at radius 3 is 2.37 bits per heavy atom. The number of carbonyl (C=O) groups excluding carboxylic acids is 2. The number of aryl methyl sites for hydroxylation is 1. The summed E-state index contributed by atoms with van der Waals surface area (Å²) in [6, 6.07) is 8.78. The molecule has 2 N–H and O–H groups in total. The second kappa shape index (κ2) is 9.25. The van der Waals surface area contributed by atoms with Gasteiger partial charge in [0.15, 0.2) is 6.10 Å². The number of anilines is 2. The highest BCUT2D eigenvalue weighted by atomic mass is 19.4. The smallest absolute Gasteiger partial charge is 0.416 e. The van der Waals surface area contributed by atoms with E-state index in [-0.39, 0.29) is 5.69 Å². The van der Waals surface area contributed by atoms with Gasteiger partial charge in [0.1, 0.15) is 12.2 Å². The molecule has 0 aliphatic carbocycles. The minimum Gasteiger partial charge on any atom is -0.451 e. The number of esters is 1. The Kier molecular flexibility index (Phi) is 6.98. The Hall–Kier alpha value is -3.63. The predicted octanol–water partition coefficient (Wildman–Crippen LogP) is 3.90. The van der Waals surface area contributed by atoms with Crippen molar-refractivity contribution in [1.29, 1.82) is 0 Å². The number of carbonyl (C=O) groups is 2. The van der Waals surface area contributed by atoms with Crippen molar-refractivity contribution in [3.63, 3.8) is 0 Å². The Morgan fingerprint density at radius 2 is 1.80 bits per heavy atom. The third-order valence-corrected chi connectivity index (χ3v) is 3.94. The minimum atomic E-state index is -4.75. The molecule has 0 bridgehead atoms. The number of hydrogen-bond donors (Lipinski definition) is 2. The number of amides is 1. The first-order chi connectivity index (χ1) is 14.0. The first-order valence-corrected chi connectivity index (χ1v) is 8.64. The second-order valence-electron chi connectivity index (χ2n) is 6.33. The van der Waals surface area contributed by atoms with Crippen LogP contribution in [-0.2, 0) is 20.5 Å². The van der Waals surface area contributed by atoms with E-state index in [1.165, 1.54) is 6.92 Å². The monoisotopic (exact) mass is 425 g/mol. The Morgan fingerprint density at radius 1 is 1.17 bits per heavy atom. The Labute approximate surface area is 169 Å². The van der Waals surface area contributed by atoms with Crippen molar-refractivity contribution in [2.75, 3.05) is 17.2 Å². The third-order valence-electron chi connectivity index (χ3n) is 3.94. The molecule has 30 heavy (non-hydrogen) atoms. The zero-order valence-electron chi connectivity index (χ0n) is 15.9. The molecule has 1 amide bonds. The molecule has 2 rings (SSSR count). The van der Waals surface area contributed by atoms with Gasteiger partial charge in [-0.3, -0.25) is 19.7 Å². The molecule has 0 aliphatic rings. The summed E-state index contributed by atoms with van der Waals surface area (Å²) in [6.45, 7) is 2.63. The Balaban J connectivity index is 1.95. The van der Waals surface area contributed by atoms with Gasteiger partial charge in [-0.15, -0.1) is 0 Å². The van der Waals surface area contributed by atoms with Crippen LogP contribution >= 0.6 is 0 Å². The summed E-state index contributed by atoms with van der Waals surface area (Å²) >= 11 is 0. The summed E-state index contributed by atoms with van der Waals surface area (Å²) in [6.07, 6.45) is -5.91. The summed E-state index contributed by atoms with van der Waals surface area (Å²) in [5.74, 6) is -1.51. The lowest BCUT2D eigenvalue weighted by Crippen LogP contribution is -2.32. The molecule has 160 valence electrons. The minimum absolute atomic E-state index is 0.290. The number of alkyl halides is 3. The van der Waals surface area contributed by atoms with Crippen molar-refractivity contribution >= 4 is 28.9 Å². The number of nitro groups is 1. The van der Waals surface area contributed by atoms with Crippen LogP contribution in [0, 0.1) is 17.0 Å². The number of nitro benzene ring substituents is 1. The van der Waals surface area contributed by atoms with Crippen molar-refractivity contribution in [2.24, 2.45) is 0 Å². The van der Waals surface area contributed by atoms with Crippen molar-refractivity contribution in [3.8, 4) is 0 Å². The van der Waals surface area contributed by atoms with E-state index in [4.69, 9.17) is 4.74 Å². The van der Waals surface area contributed by atoms with Crippen LogP contribution < -0.4 is 10.6 Å². The van der Waals surface area contributed by atoms with Crippen molar-refractivity contribution in [3.05, 3.63) is 63.7 Å². The fourth-order valence-corrected chi connectivity index (χ4v) is 2.35. The van der Waals surface area contributed by atoms with Gasteiger partial charge in [-0.25, -0.2) is 0 Å². The van der Waals surface area contributed by atoms with E-state index in [1.807, 2.05) is 6.92 Å². The van der Waals surface area contributed by atoms with E-state index >= 15 is 0 Å². The molecule has 0 spiro atoms. The molecule has 2 aromatic rings. The molecule has 0 saturated heterocycles. The number of nitrogens with zero attached hydrogens (tertiary/aromatic N) is 1. The molecule has 0 heterocycles. The Bertz CT molecular complexity index is 945. The van der Waals surface area contributed by atoms with Crippen molar-refractivity contribution in [1.82, 2.24) is 0 Å². The normalized spacial score (nSPS) is 12.0. The zero-order chi connectivity index (χ0) is 22.5. The maximum Gasteiger partial charge on any atom is 0.416 e. The first kappa shape index (κ1) is 22.7. The van der Waals surface area contributed by atoms with E-state index in [0.29, 0.717) is 17.8 Å². The molecule has 0 radical (unpaired) electrons. The van der Waals surface area contributed by atoms with Crippen LogP contribution in [0.25, 0.3) is 0 Å². The number of ether oxygens (including phenoxy) is 1. The lowest BCUT2D eigenvalue weighted by Gasteiger charge is -2.14. The number of benzene rings is 2. The topological polar surface area (TPSA) is 111 Å². The van der Waals surface area contributed by atoms with E-state index in [0.717, 1.165) is 11.6 Å². The molecule has 0 unspecified atom stereocenters. The lowest BCUT2D eigenvalue weighted by molar-refractivity contribution is -0.384. The number of nitrogens with one attached hydrogen (secondary N) is 2. The van der Waals surface area contributed by atoms with Crippen molar-refractivity contribution in [2.45, 2.75) is 26.1 Å². The summed E-state index contributed by atoms with van der Waals surface area (Å²) in [5, 5.41) is 16.0. The number of rotatable bonds is 7. The third kappa shape index (κ3) is 6.19. The largest absolute Gasteiger partial charge is 0.451 e. The molecule has 1 atom stereocenters. The highest BCUT2D eigenvalue weighted by Gasteiger charge is 2.33. The van der Waals surface area contributed by atoms with Gasteiger partial charge < -0.3 is 15.4 Å². The van der Waals surface area contributed by atoms with Crippen LogP contribution in [0.4, 0.5) is 30.2 Å². The van der Waals surface area contributed by atoms with Gasteiger partial charge in [-0.2, -0.15) is 13.2 Å². The molecule has 0 aliphatic heterocycles. The summed E-state index contributed by atoms with van der Waals surface area (Å²) < 4.78 is 43.1. The highest BCUT2D eigenvalue weighted by Crippen LogP contribution is 2.34. The van der Waals surface area contributed by atoms with Gasteiger partial charge >= 0.3 is 12.1 Å². The maximum atomic E-state index is 12.7. The van der Waals surface area contributed by atoms with Gasteiger partial charge in [0, 0.05) is 11.8 Å². The van der Waals surface area contributed by atoms with Crippen molar-refractivity contribution < 1.29 is 32.4 Å². The second-order valence-corrected chi connectivity index (χ2v) is 6.33. The van der Waals surface area contributed by atoms with Gasteiger partial charge in [-0.1, -0.05) is 17.7 Å². The molecule has 2 aromatic carbocycles. The zero-order valence-corrected chi connectivity index (χ0v) is 15.9. The van der Waals surface area contributed by atoms with E-state index in [2.05, 4.69) is 10.6 Å². The highest BCUT2D eigenvalue weighted by molar-refractivity contribution is 5.95. The fourth-order valence-electron chi connectivity index (χ4n) is 2.35. The molecular weight excluding hydrogens is 407 g/mol. The fraction of sp³-hybridized carbons (Fsp3) is 0.263. The SMILES string of the molecule is Cc1ccc(NC(=O)[C@H](C)OC(=O)CNc2ccc(C(F)(F)F)cc2[N+](=O)[O-])cc1. The van der Waals surface area contributed by atoms with Crippen LogP contribution in [0.1, 0.15) is 18.1 Å². The molecular formula is C19H18F3N3O5. The van der Waals surface area contributed by atoms with Gasteiger partial charge in [0.25, 0.3) is 11.6 Å². The van der Waals surface area contributed by atoms with Crippen LogP contribution in [0.15, 0.2) is 42.5 Å². The van der Waals surface area contributed by atoms with Gasteiger partial charge in [-0.05, 0) is 38.1 Å². The maximum absolute atomic E-state index is 12.7. The predicted molar refractivity (Wildman–Crippen MR) is 102 cm³/mol. The summed E-state index contributed by atoms with van der Waals surface area (Å²) in [5.41, 5.74) is -0.823. The van der Waals surface area contributed by atoms with Gasteiger partial charge in [0.2, 0.25) is 0 Å². The van der Waals surface area contributed by atoms with E-state index in [1.54, 1.807) is 24.3 Å². The summed E-state index contributed by atoms with van der Waals surface area (Å²) in [7, 11) is 0.